The van der Waals surface area contributed by atoms with E-state index in [2.05, 4.69) is 11.4 Å². The summed E-state index contributed by atoms with van der Waals surface area (Å²) in [4.78, 5) is 30.9. The first-order valence-electron chi connectivity index (χ1n) is 10.7. The summed E-state index contributed by atoms with van der Waals surface area (Å²) in [6.07, 6.45) is 0.722. The van der Waals surface area contributed by atoms with Crippen LogP contribution in [0.3, 0.4) is 0 Å². The molecule has 1 aromatic heterocycles. The van der Waals surface area contributed by atoms with Crippen molar-refractivity contribution in [3.63, 3.8) is 0 Å². The molecule has 1 aliphatic rings. The van der Waals surface area contributed by atoms with E-state index in [1.165, 1.54) is 9.78 Å². The minimum absolute atomic E-state index is 0.0118. The molecule has 1 atom stereocenters. The van der Waals surface area contributed by atoms with Gasteiger partial charge in [0.1, 0.15) is 17.5 Å². The number of ether oxygens (including phenoxy) is 2. The number of hydrogen-bond acceptors (Lipinski definition) is 6. The standard InChI is InChI=1S/C25H25N3O4S2/c1-31-19-9-5-17(6-10-19)26-23(29)16-22-24(30)28(18-7-11-20(32-2)12-8-18)25(33)27(22)14-13-21-4-3-15-34-21/h3-12,15,22H,13-14,16H2,1-2H3,(H,26,29)/t22-/m0/s1. The molecule has 1 saturated heterocycles. The number of carbonyl (C=O) groups is 2. The Bertz CT molecular complexity index is 1150. The van der Waals surface area contributed by atoms with Crippen molar-refractivity contribution in [3.8, 4) is 11.5 Å². The largest absolute Gasteiger partial charge is 0.497 e. The molecule has 0 radical (unpaired) electrons. The van der Waals surface area contributed by atoms with Crippen molar-refractivity contribution >= 4 is 51.9 Å². The van der Waals surface area contributed by atoms with E-state index in [0.717, 1.165) is 6.42 Å². The highest BCUT2D eigenvalue weighted by atomic mass is 32.1. The first-order chi connectivity index (χ1) is 16.5. The van der Waals surface area contributed by atoms with Gasteiger partial charge < -0.3 is 19.7 Å². The number of nitrogens with zero attached hydrogens (tertiary/aromatic N) is 2. The Balaban J connectivity index is 1.53. The van der Waals surface area contributed by atoms with Gasteiger partial charge in [-0.15, -0.1) is 11.3 Å². The third-order valence-corrected chi connectivity index (χ3v) is 6.93. The molecule has 9 heteroatoms. The number of rotatable bonds is 9. The quantitative estimate of drug-likeness (QED) is 0.446. The summed E-state index contributed by atoms with van der Waals surface area (Å²) >= 11 is 7.38. The SMILES string of the molecule is COc1ccc(NC(=O)C[C@H]2C(=O)N(c3ccc(OC)cc3)C(=S)N2CCc2cccs2)cc1. The highest BCUT2D eigenvalue weighted by molar-refractivity contribution is 7.80. The number of anilines is 2. The Morgan fingerprint density at radius 1 is 1.03 bits per heavy atom. The minimum Gasteiger partial charge on any atom is -0.497 e. The molecule has 2 aromatic carbocycles. The Morgan fingerprint density at radius 2 is 1.68 bits per heavy atom. The summed E-state index contributed by atoms with van der Waals surface area (Å²) < 4.78 is 10.4. The van der Waals surface area contributed by atoms with Crippen molar-refractivity contribution in [2.24, 2.45) is 0 Å². The van der Waals surface area contributed by atoms with Gasteiger partial charge in [0.05, 0.1) is 26.3 Å². The van der Waals surface area contributed by atoms with Gasteiger partial charge in [-0.3, -0.25) is 14.5 Å². The lowest BCUT2D eigenvalue weighted by Gasteiger charge is -2.23. The number of hydrogen-bond donors (Lipinski definition) is 1. The number of thiocarbonyl (C=S) groups is 1. The molecule has 7 nitrogen and oxygen atoms in total. The van der Waals surface area contributed by atoms with E-state index < -0.39 is 6.04 Å². The Morgan fingerprint density at radius 3 is 2.26 bits per heavy atom. The first-order valence-corrected chi connectivity index (χ1v) is 12.0. The van der Waals surface area contributed by atoms with Crippen molar-refractivity contribution in [1.82, 2.24) is 4.90 Å². The first kappa shape index (κ1) is 23.7. The Hall–Kier alpha value is -3.43. The molecule has 2 heterocycles. The number of amides is 2. The molecule has 0 saturated carbocycles. The van der Waals surface area contributed by atoms with E-state index in [0.29, 0.717) is 34.5 Å². The molecular weight excluding hydrogens is 470 g/mol. The summed E-state index contributed by atoms with van der Waals surface area (Å²) in [5, 5.41) is 5.28. The highest BCUT2D eigenvalue weighted by Gasteiger charge is 2.43. The zero-order valence-corrected chi connectivity index (χ0v) is 20.5. The maximum atomic E-state index is 13.5. The summed E-state index contributed by atoms with van der Waals surface area (Å²) in [5.41, 5.74) is 1.28. The van der Waals surface area contributed by atoms with Gasteiger partial charge >= 0.3 is 0 Å². The number of thiophene rings is 1. The van der Waals surface area contributed by atoms with Crippen molar-refractivity contribution in [2.45, 2.75) is 18.9 Å². The summed E-state index contributed by atoms with van der Waals surface area (Å²) in [7, 11) is 3.17. The second kappa shape index (κ2) is 10.7. The van der Waals surface area contributed by atoms with Gasteiger partial charge in [-0.1, -0.05) is 6.07 Å². The zero-order valence-electron chi connectivity index (χ0n) is 18.9. The van der Waals surface area contributed by atoms with E-state index >= 15 is 0 Å². The lowest BCUT2D eigenvalue weighted by Crippen LogP contribution is -2.39. The van der Waals surface area contributed by atoms with Crippen molar-refractivity contribution in [2.75, 3.05) is 31.0 Å². The predicted octanol–water partition coefficient (Wildman–Crippen LogP) is 4.34. The average Bonchev–Trinajstić information content (AvgIpc) is 3.45. The van der Waals surface area contributed by atoms with Gasteiger partial charge in [-0.25, -0.2) is 0 Å². The van der Waals surface area contributed by atoms with Gasteiger partial charge in [0, 0.05) is 17.1 Å². The summed E-state index contributed by atoms with van der Waals surface area (Å²) in [6.45, 7) is 0.540. The normalized spacial score (nSPS) is 15.5. The molecule has 1 N–H and O–H groups in total. The maximum Gasteiger partial charge on any atom is 0.256 e. The molecule has 0 spiro atoms. The second-order valence-electron chi connectivity index (χ2n) is 7.67. The van der Waals surface area contributed by atoms with Crippen LogP contribution in [0.4, 0.5) is 11.4 Å². The molecular formula is C25H25N3O4S2. The molecule has 4 rings (SSSR count). The topological polar surface area (TPSA) is 71.1 Å². The molecule has 1 fully saturated rings. The van der Waals surface area contributed by atoms with Crippen LogP contribution in [-0.4, -0.2) is 48.6 Å². The fourth-order valence-corrected chi connectivity index (χ4v) is 4.92. The molecule has 176 valence electrons. The van der Waals surface area contributed by atoms with Gasteiger partial charge in [0.15, 0.2) is 5.11 Å². The van der Waals surface area contributed by atoms with Gasteiger partial charge in [0.2, 0.25) is 5.91 Å². The van der Waals surface area contributed by atoms with Crippen LogP contribution in [0.15, 0.2) is 66.0 Å². The lowest BCUT2D eigenvalue weighted by atomic mass is 10.1. The van der Waals surface area contributed by atoms with Gasteiger partial charge in [-0.05, 0) is 78.6 Å². The fraction of sp³-hybridized carbons (Fsp3) is 0.240. The monoisotopic (exact) mass is 495 g/mol. The van der Waals surface area contributed by atoms with E-state index in [1.54, 1.807) is 74.1 Å². The van der Waals surface area contributed by atoms with Crippen LogP contribution in [0.2, 0.25) is 0 Å². The van der Waals surface area contributed by atoms with Crippen LogP contribution in [0, 0.1) is 0 Å². The smallest absolute Gasteiger partial charge is 0.256 e. The average molecular weight is 496 g/mol. The van der Waals surface area contributed by atoms with Crippen LogP contribution < -0.4 is 19.7 Å². The molecule has 0 bridgehead atoms. The second-order valence-corrected chi connectivity index (χ2v) is 9.07. The summed E-state index contributed by atoms with van der Waals surface area (Å²) in [5.74, 6) is 0.908. The Labute approximate surface area is 207 Å². The van der Waals surface area contributed by atoms with E-state index in [4.69, 9.17) is 21.7 Å². The van der Waals surface area contributed by atoms with Gasteiger partial charge in [-0.2, -0.15) is 0 Å². The van der Waals surface area contributed by atoms with Crippen molar-refractivity contribution in [1.29, 1.82) is 0 Å². The number of benzene rings is 2. The molecule has 0 unspecified atom stereocenters. The van der Waals surface area contributed by atoms with Gasteiger partial charge in [0.25, 0.3) is 5.91 Å². The van der Waals surface area contributed by atoms with Crippen LogP contribution in [0.25, 0.3) is 0 Å². The lowest BCUT2D eigenvalue weighted by molar-refractivity contribution is -0.124. The molecule has 0 aliphatic carbocycles. The van der Waals surface area contributed by atoms with Crippen molar-refractivity contribution < 1.29 is 19.1 Å². The molecule has 1 aliphatic heterocycles. The van der Waals surface area contributed by atoms with Crippen LogP contribution in [-0.2, 0) is 16.0 Å². The molecule has 34 heavy (non-hydrogen) atoms. The third-order valence-electron chi connectivity index (χ3n) is 5.58. The van der Waals surface area contributed by atoms with Crippen LogP contribution >= 0.6 is 23.6 Å². The predicted molar refractivity (Wildman–Crippen MR) is 138 cm³/mol. The van der Waals surface area contributed by atoms with E-state index in [9.17, 15) is 9.59 Å². The van der Waals surface area contributed by atoms with Crippen LogP contribution in [0.1, 0.15) is 11.3 Å². The Kier molecular flexibility index (Phi) is 7.44. The number of methoxy groups -OCH3 is 2. The number of carbonyl (C=O) groups excluding carboxylic acids is 2. The maximum absolute atomic E-state index is 13.5. The van der Waals surface area contributed by atoms with Crippen LogP contribution in [0.5, 0.6) is 11.5 Å². The van der Waals surface area contributed by atoms with E-state index in [1.807, 2.05) is 16.3 Å². The van der Waals surface area contributed by atoms with E-state index in [-0.39, 0.29) is 18.2 Å². The molecule has 2 amide bonds. The summed E-state index contributed by atoms with van der Waals surface area (Å²) in [6, 6.07) is 17.6. The third kappa shape index (κ3) is 5.21. The number of nitrogens with one attached hydrogen (secondary N) is 1. The highest BCUT2D eigenvalue weighted by Crippen LogP contribution is 2.29. The minimum atomic E-state index is -0.687. The van der Waals surface area contributed by atoms with Crippen molar-refractivity contribution in [3.05, 3.63) is 70.9 Å². The molecule has 3 aromatic rings. The zero-order chi connectivity index (χ0) is 24.1. The fourth-order valence-electron chi connectivity index (χ4n) is 3.80.